The molecule has 1 aromatic carbocycles. The number of nitrogens with one attached hydrogen (secondary N) is 1. The van der Waals surface area contributed by atoms with Crippen molar-refractivity contribution in [2.75, 3.05) is 20.1 Å². The van der Waals surface area contributed by atoms with Gasteiger partial charge in [0, 0.05) is 11.6 Å². The molecule has 0 radical (unpaired) electrons. The maximum absolute atomic E-state index is 3.57. The first-order valence-corrected chi connectivity index (χ1v) is 7.95. The molecule has 0 amide bonds. The Labute approximate surface area is 124 Å². The molecular formula is C18H30N2. The van der Waals surface area contributed by atoms with Crippen LogP contribution in [0.2, 0.25) is 0 Å². The molecule has 1 heterocycles. The first-order chi connectivity index (χ1) is 9.45. The summed E-state index contributed by atoms with van der Waals surface area (Å²) in [6.07, 6.45) is 4.07. The molecule has 0 saturated carbocycles. The van der Waals surface area contributed by atoms with Crippen molar-refractivity contribution in [3.8, 4) is 0 Å². The summed E-state index contributed by atoms with van der Waals surface area (Å²) < 4.78 is 0. The summed E-state index contributed by atoms with van der Waals surface area (Å²) >= 11 is 0. The summed E-state index contributed by atoms with van der Waals surface area (Å²) in [5.41, 5.74) is 4.28. The van der Waals surface area contributed by atoms with Gasteiger partial charge in [0.25, 0.3) is 0 Å². The van der Waals surface area contributed by atoms with Crippen molar-refractivity contribution in [1.82, 2.24) is 10.2 Å². The number of rotatable bonds is 4. The minimum atomic E-state index is 0.148. The fourth-order valence-corrected chi connectivity index (χ4v) is 3.76. The van der Waals surface area contributed by atoms with Crippen LogP contribution in [0.4, 0.5) is 0 Å². The monoisotopic (exact) mass is 274 g/mol. The Balaban J connectivity index is 2.29. The third kappa shape index (κ3) is 3.24. The van der Waals surface area contributed by atoms with Crippen LogP contribution in [0, 0.1) is 13.8 Å². The first kappa shape index (κ1) is 15.5. The molecule has 0 aromatic heterocycles. The van der Waals surface area contributed by atoms with Crippen LogP contribution in [0.1, 0.15) is 55.8 Å². The fourth-order valence-electron chi connectivity index (χ4n) is 3.76. The molecule has 2 rings (SSSR count). The van der Waals surface area contributed by atoms with Crippen LogP contribution in [0.25, 0.3) is 0 Å². The van der Waals surface area contributed by atoms with Crippen molar-refractivity contribution in [3.05, 3.63) is 34.9 Å². The van der Waals surface area contributed by atoms with E-state index in [4.69, 9.17) is 0 Å². The molecule has 1 fully saturated rings. The largest absolute Gasteiger partial charge is 0.311 e. The van der Waals surface area contributed by atoms with E-state index < -0.39 is 0 Å². The standard InChI is InChI=1S/C18H30N2/c1-14-11-15(2)13-16(12-14)17(19-5)18(3,4)20-9-7-6-8-10-20/h11-13,17,19H,6-10H2,1-5H3. The Morgan fingerprint density at radius 2 is 1.55 bits per heavy atom. The third-order valence-corrected chi connectivity index (χ3v) is 4.74. The molecule has 1 aliphatic rings. The molecule has 0 bridgehead atoms. The maximum atomic E-state index is 3.57. The van der Waals surface area contributed by atoms with Crippen LogP contribution in [0.5, 0.6) is 0 Å². The van der Waals surface area contributed by atoms with Gasteiger partial charge in [0.05, 0.1) is 0 Å². The number of hydrogen-bond donors (Lipinski definition) is 1. The van der Waals surface area contributed by atoms with Crippen LogP contribution in [-0.2, 0) is 0 Å². The normalized spacial score (nSPS) is 19.1. The van der Waals surface area contributed by atoms with Crippen LogP contribution in [0.15, 0.2) is 18.2 Å². The summed E-state index contributed by atoms with van der Waals surface area (Å²) in [5.74, 6) is 0. The lowest BCUT2D eigenvalue weighted by molar-refractivity contribution is 0.0632. The van der Waals surface area contributed by atoms with E-state index in [0.29, 0.717) is 6.04 Å². The van der Waals surface area contributed by atoms with Crippen LogP contribution >= 0.6 is 0 Å². The SMILES string of the molecule is CNC(c1cc(C)cc(C)c1)C(C)(C)N1CCCCC1. The van der Waals surface area contributed by atoms with Gasteiger partial charge in [0.1, 0.15) is 0 Å². The van der Waals surface area contributed by atoms with Gasteiger partial charge < -0.3 is 5.32 Å². The summed E-state index contributed by atoms with van der Waals surface area (Å²) in [6, 6.07) is 7.29. The van der Waals surface area contributed by atoms with Crippen molar-refractivity contribution in [2.45, 2.75) is 58.5 Å². The minimum absolute atomic E-state index is 0.148. The second-order valence-corrected chi connectivity index (χ2v) is 6.84. The van der Waals surface area contributed by atoms with E-state index in [1.54, 1.807) is 0 Å². The van der Waals surface area contributed by atoms with Crippen molar-refractivity contribution in [1.29, 1.82) is 0 Å². The number of aryl methyl sites for hydroxylation is 2. The summed E-state index contributed by atoms with van der Waals surface area (Å²) in [4.78, 5) is 2.66. The lowest BCUT2D eigenvalue weighted by Gasteiger charge is -2.46. The zero-order valence-electron chi connectivity index (χ0n) is 13.8. The summed E-state index contributed by atoms with van der Waals surface area (Å²) in [6.45, 7) is 11.6. The minimum Gasteiger partial charge on any atom is -0.311 e. The van der Waals surface area contributed by atoms with Crippen molar-refractivity contribution >= 4 is 0 Å². The Bertz CT molecular complexity index is 424. The Hall–Kier alpha value is -0.860. The highest BCUT2D eigenvalue weighted by Crippen LogP contribution is 2.33. The van der Waals surface area contributed by atoms with Gasteiger partial charge >= 0.3 is 0 Å². The quantitative estimate of drug-likeness (QED) is 0.897. The third-order valence-electron chi connectivity index (χ3n) is 4.74. The van der Waals surface area contributed by atoms with Gasteiger partial charge in [-0.2, -0.15) is 0 Å². The zero-order valence-corrected chi connectivity index (χ0v) is 13.8. The molecule has 1 N–H and O–H groups in total. The average molecular weight is 274 g/mol. The summed E-state index contributed by atoms with van der Waals surface area (Å²) in [7, 11) is 2.09. The van der Waals surface area contributed by atoms with Crippen molar-refractivity contribution < 1.29 is 0 Å². The van der Waals surface area contributed by atoms with Gasteiger partial charge in [-0.25, -0.2) is 0 Å². The number of benzene rings is 1. The molecule has 20 heavy (non-hydrogen) atoms. The second-order valence-electron chi connectivity index (χ2n) is 6.84. The van der Waals surface area contributed by atoms with Gasteiger partial charge in [-0.15, -0.1) is 0 Å². The smallest absolute Gasteiger partial charge is 0.0499 e. The lowest BCUT2D eigenvalue weighted by atomic mass is 9.84. The molecule has 112 valence electrons. The zero-order chi connectivity index (χ0) is 14.8. The van der Waals surface area contributed by atoms with E-state index in [0.717, 1.165) is 0 Å². The predicted octanol–water partition coefficient (Wildman–Crippen LogP) is 3.83. The molecule has 2 nitrogen and oxygen atoms in total. The first-order valence-electron chi connectivity index (χ1n) is 7.95. The van der Waals surface area contributed by atoms with Gasteiger partial charge in [-0.05, 0) is 66.2 Å². The molecule has 1 aromatic rings. The lowest BCUT2D eigenvalue weighted by Crippen LogP contribution is -2.53. The Kier molecular flexibility index (Phi) is 4.87. The van der Waals surface area contributed by atoms with E-state index in [1.165, 1.54) is 49.0 Å². The van der Waals surface area contributed by atoms with Crippen molar-refractivity contribution in [3.63, 3.8) is 0 Å². The molecule has 0 spiro atoms. The number of hydrogen-bond acceptors (Lipinski definition) is 2. The highest BCUT2D eigenvalue weighted by molar-refractivity contribution is 5.32. The average Bonchev–Trinajstić information content (AvgIpc) is 2.39. The predicted molar refractivity (Wildman–Crippen MR) is 87.2 cm³/mol. The second kappa shape index (κ2) is 6.28. The maximum Gasteiger partial charge on any atom is 0.0499 e. The molecule has 1 saturated heterocycles. The summed E-state index contributed by atoms with van der Waals surface area (Å²) in [5, 5.41) is 3.57. The van der Waals surface area contributed by atoms with Gasteiger partial charge in [0.15, 0.2) is 0 Å². The van der Waals surface area contributed by atoms with Crippen LogP contribution < -0.4 is 5.32 Å². The molecular weight excluding hydrogens is 244 g/mol. The Morgan fingerprint density at radius 3 is 2.05 bits per heavy atom. The molecule has 1 atom stereocenters. The van der Waals surface area contributed by atoms with Gasteiger partial charge in [-0.1, -0.05) is 35.7 Å². The van der Waals surface area contributed by atoms with Gasteiger partial charge in [-0.3, -0.25) is 4.90 Å². The highest BCUT2D eigenvalue weighted by Gasteiger charge is 2.36. The number of likely N-dealkylation sites (N-methyl/N-ethyl adjacent to an activating group) is 1. The molecule has 2 heteroatoms. The van der Waals surface area contributed by atoms with E-state index in [2.05, 4.69) is 63.2 Å². The van der Waals surface area contributed by atoms with E-state index >= 15 is 0 Å². The fraction of sp³-hybridized carbons (Fsp3) is 0.667. The van der Waals surface area contributed by atoms with Crippen molar-refractivity contribution in [2.24, 2.45) is 0 Å². The molecule has 1 unspecified atom stereocenters. The van der Waals surface area contributed by atoms with E-state index in [1.807, 2.05) is 0 Å². The molecule has 0 aliphatic carbocycles. The van der Waals surface area contributed by atoms with Crippen LogP contribution in [0.3, 0.4) is 0 Å². The molecule has 1 aliphatic heterocycles. The Morgan fingerprint density at radius 1 is 1.00 bits per heavy atom. The van der Waals surface area contributed by atoms with Crippen LogP contribution in [-0.4, -0.2) is 30.6 Å². The number of nitrogens with zero attached hydrogens (tertiary/aromatic N) is 1. The van der Waals surface area contributed by atoms with E-state index in [9.17, 15) is 0 Å². The number of piperidine rings is 1. The topological polar surface area (TPSA) is 15.3 Å². The van der Waals surface area contributed by atoms with Gasteiger partial charge in [0.2, 0.25) is 0 Å². The number of likely N-dealkylation sites (tertiary alicyclic amines) is 1. The van der Waals surface area contributed by atoms with E-state index in [-0.39, 0.29) is 5.54 Å². The highest BCUT2D eigenvalue weighted by atomic mass is 15.2.